The topological polar surface area (TPSA) is 315 Å². The molecule has 0 radical (unpaired) electrons. The minimum absolute atomic E-state index is 0.0337. The fourth-order valence-electron chi connectivity index (χ4n) is 13.9. The normalized spacial score (nSPS) is 50.5. The molecule has 0 bridgehead atoms. The van der Waals surface area contributed by atoms with E-state index in [1.165, 1.54) is 0 Å². The molecule has 12 N–H and O–H groups in total. The van der Waals surface area contributed by atoms with Crippen LogP contribution in [0.3, 0.4) is 0 Å². The number of carbonyl (C=O) groups excluding carboxylic acids is 1. The Morgan fingerprint density at radius 1 is 0.716 bits per heavy atom. The molecule has 386 valence electrons. The SMILES string of the molecule is C[C@H](CCCC(C)(C)O)C1CC[C@@]2(C)C3C(=O)C=C4C(CC[C@H](O[C@@H]5O[C@H](CO)[C@@H](O)[C@H](O)[C@H]5O[C@H]5O[C@@H](CO[C@@H]6O[C@H](CO)[C@@H](O)[C@H](O)[C@H]6O)[C@H](O)[C@@H](O)[C@@H]5O)C4(C)C)[C@]3(C)[C@H](O)C[C@]12C. The first-order chi connectivity index (χ1) is 31.2. The molecule has 19 heteroatoms. The van der Waals surface area contributed by atoms with Gasteiger partial charge in [-0.3, -0.25) is 4.79 Å². The summed E-state index contributed by atoms with van der Waals surface area (Å²) in [6.07, 6.45) is -19.1. The number of rotatable bonds is 14. The van der Waals surface area contributed by atoms with Crippen molar-refractivity contribution in [1.82, 2.24) is 0 Å². The van der Waals surface area contributed by atoms with Crippen LogP contribution in [0.2, 0.25) is 0 Å². The minimum Gasteiger partial charge on any atom is -0.394 e. The number of fused-ring (bicyclic) bond motifs is 5. The lowest BCUT2D eigenvalue weighted by Gasteiger charge is -2.66. The van der Waals surface area contributed by atoms with E-state index >= 15 is 0 Å². The maximum atomic E-state index is 14.9. The first-order valence-corrected chi connectivity index (χ1v) is 24.4. The highest BCUT2D eigenvalue weighted by Gasteiger charge is 2.72. The molecule has 0 spiro atoms. The van der Waals surface area contributed by atoms with Crippen molar-refractivity contribution in [2.24, 2.45) is 45.3 Å². The molecule has 7 rings (SSSR count). The van der Waals surface area contributed by atoms with E-state index in [0.717, 1.165) is 31.3 Å². The molecule has 0 aromatic carbocycles. The molecule has 0 amide bonds. The van der Waals surface area contributed by atoms with Gasteiger partial charge in [-0.05, 0) is 87.0 Å². The highest BCUT2D eigenvalue weighted by molar-refractivity contribution is 5.95. The number of ketones is 1. The zero-order valence-electron chi connectivity index (χ0n) is 40.2. The summed E-state index contributed by atoms with van der Waals surface area (Å²) in [7, 11) is 0. The standard InChI is InChI=1S/C48H80O19/c1-21(10-9-14-44(2,3)61)22-13-15-46(6)40-25(51)16-24-23(48(40,8)29(52)17-47(22,46)7)11-12-30(45(24,4)5)66-43-39(36(58)32(54)27(19-50)64-43)67-42-38(60)35(57)33(55)28(65-42)20-62-41-37(59)34(56)31(53)26(18-49)63-41/h16,21-23,26-43,49-50,52-61H,9-15,17-20H2,1-8H3/t21-,22?,23?,26-,27-,28+,29-,30+,31-,32-,33+,34+,35-,36+,37-,38+,39-,40?,41-,42-,43+,46+,47-,48-/m1/s1. The summed E-state index contributed by atoms with van der Waals surface area (Å²) in [5, 5.41) is 129. The van der Waals surface area contributed by atoms with Gasteiger partial charge in [0.15, 0.2) is 24.7 Å². The number of carbonyl (C=O) groups is 1. The third-order valence-corrected chi connectivity index (χ3v) is 18.2. The largest absolute Gasteiger partial charge is 0.394 e. The van der Waals surface area contributed by atoms with Crippen LogP contribution in [0.15, 0.2) is 11.6 Å². The van der Waals surface area contributed by atoms with Crippen LogP contribution in [0.1, 0.15) is 107 Å². The summed E-state index contributed by atoms with van der Waals surface area (Å²) >= 11 is 0. The van der Waals surface area contributed by atoms with E-state index in [9.17, 15) is 66.1 Å². The second-order valence-corrected chi connectivity index (χ2v) is 23.0. The van der Waals surface area contributed by atoms with E-state index in [4.69, 9.17) is 28.4 Å². The van der Waals surface area contributed by atoms with Crippen molar-refractivity contribution >= 4 is 5.78 Å². The van der Waals surface area contributed by atoms with Crippen molar-refractivity contribution in [3.05, 3.63) is 11.6 Å². The van der Waals surface area contributed by atoms with E-state index in [2.05, 4.69) is 27.7 Å². The number of hydrogen-bond donors (Lipinski definition) is 12. The maximum Gasteiger partial charge on any atom is 0.187 e. The van der Waals surface area contributed by atoms with Gasteiger partial charge >= 0.3 is 0 Å². The van der Waals surface area contributed by atoms with Crippen LogP contribution in [0.25, 0.3) is 0 Å². The first kappa shape index (κ1) is 53.5. The molecule has 6 fully saturated rings. The summed E-state index contributed by atoms with van der Waals surface area (Å²) < 4.78 is 35.6. The van der Waals surface area contributed by atoms with Crippen molar-refractivity contribution in [2.45, 2.75) is 217 Å². The Hall–Kier alpha value is -1.31. The molecule has 3 heterocycles. The number of aliphatic hydroxyl groups is 12. The van der Waals surface area contributed by atoms with Gasteiger partial charge in [-0.25, -0.2) is 0 Å². The summed E-state index contributed by atoms with van der Waals surface area (Å²) in [5.74, 6) is -0.0280. The second kappa shape index (κ2) is 19.6. The average molecular weight is 961 g/mol. The van der Waals surface area contributed by atoms with Gasteiger partial charge in [-0.2, -0.15) is 0 Å². The van der Waals surface area contributed by atoms with Gasteiger partial charge in [0.25, 0.3) is 0 Å². The van der Waals surface area contributed by atoms with Gasteiger partial charge in [0.1, 0.15) is 73.2 Å². The Balaban J connectivity index is 1.09. The van der Waals surface area contributed by atoms with Crippen LogP contribution in [0, 0.1) is 45.3 Å². The predicted octanol–water partition coefficient (Wildman–Crippen LogP) is -0.848. The Bertz CT molecular complexity index is 1760. The van der Waals surface area contributed by atoms with Gasteiger partial charge in [-0.1, -0.05) is 60.0 Å². The summed E-state index contributed by atoms with van der Waals surface area (Å²) in [5.41, 5.74) is -2.29. The smallest absolute Gasteiger partial charge is 0.187 e. The van der Waals surface area contributed by atoms with E-state index in [1.54, 1.807) is 6.08 Å². The molecule has 3 saturated heterocycles. The molecular weight excluding hydrogens is 881 g/mol. The fourth-order valence-corrected chi connectivity index (χ4v) is 13.9. The molecule has 3 aliphatic heterocycles. The molecule has 0 aromatic heterocycles. The lowest BCUT2D eigenvalue weighted by atomic mass is 9.38. The Morgan fingerprint density at radius 3 is 1.90 bits per heavy atom. The Morgan fingerprint density at radius 2 is 1.28 bits per heavy atom. The van der Waals surface area contributed by atoms with Gasteiger partial charge in [0, 0.05) is 16.7 Å². The van der Waals surface area contributed by atoms with Crippen LogP contribution < -0.4 is 0 Å². The predicted molar refractivity (Wildman–Crippen MR) is 234 cm³/mol. The maximum absolute atomic E-state index is 14.9. The third kappa shape index (κ3) is 9.26. The monoisotopic (exact) mass is 961 g/mol. The lowest BCUT2D eigenvalue weighted by Crippen LogP contribution is -2.67. The van der Waals surface area contributed by atoms with Gasteiger partial charge < -0.3 is 89.7 Å². The van der Waals surface area contributed by atoms with Crippen LogP contribution in [0.4, 0.5) is 0 Å². The zero-order chi connectivity index (χ0) is 49.5. The molecular formula is C48H80O19. The number of hydrogen-bond acceptors (Lipinski definition) is 19. The minimum atomic E-state index is -1.94. The molecule has 0 aromatic rings. The second-order valence-electron chi connectivity index (χ2n) is 23.0. The molecule has 67 heavy (non-hydrogen) atoms. The van der Waals surface area contributed by atoms with E-state index in [1.807, 2.05) is 27.7 Å². The van der Waals surface area contributed by atoms with Crippen LogP contribution in [-0.4, -0.2) is 197 Å². The highest BCUT2D eigenvalue weighted by Crippen LogP contribution is 2.74. The number of aliphatic hydroxyl groups excluding tert-OH is 11. The molecule has 19 nitrogen and oxygen atoms in total. The van der Waals surface area contributed by atoms with E-state index in [-0.39, 0.29) is 22.5 Å². The molecule has 24 atom stereocenters. The zero-order valence-corrected chi connectivity index (χ0v) is 40.2. The Kier molecular flexibility index (Phi) is 15.7. The quantitative estimate of drug-likeness (QED) is 0.101. The summed E-state index contributed by atoms with van der Waals surface area (Å²) in [6, 6.07) is 0. The summed E-state index contributed by atoms with van der Waals surface area (Å²) in [6.45, 7) is 14.3. The van der Waals surface area contributed by atoms with Crippen molar-refractivity contribution in [3.63, 3.8) is 0 Å². The summed E-state index contributed by atoms with van der Waals surface area (Å²) in [4.78, 5) is 14.9. The van der Waals surface area contributed by atoms with Crippen LogP contribution in [-0.2, 0) is 33.2 Å². The molecule has 4 aliphatic carbocycles. The van der Waals surface area contributed by atoms with E-state index < -0.39 is 146 Å². The van der Waals surface area contributed by atoms with Gasteiger partial charge in [-0.15, -0.1) is 0 Å². The van der Waals surface area contributed by atoms with Crippen LogP contribution >= 0.6 is 0 Å². The van der Waals surface area contributed by atoms with Crippen molar-refractivity contribution in [2.75, 3.05) is 19.8 Å². The van der Waals surface area contributed by atoms with Crippen molar-refractivity contribution in [1.29, 1.82) is 0 Å². The lowest BCUT2D eigenvalue weighted by molar-refractivity contribution is -0.378. The fraction of sp³-hybridized carbons (Fsp3) is 0.938. The molecule has 3 saturated carbocycles. The van der Waals surface area contributed by atoms with E-state index in [0.29, 0.717) is 37.5 Å². The molecule has 7 aliphatic rings. The van der Waals surface area contributed by atoms with Crippen molar-refractivity contribution < 1.29 is 94.5 Å². The number of allylic oxidation sites excluding steroid dienone is 1. The Labute approximate surface area is 393 Å². The van der Waals surface area contributed by atoms with Crippen LogP contribution in [0.5, 0.6) is 0 Å². The highest BCUT2D eigenvalue weighted by atomic mass is 16.8. The first-order valence-electron chi connectivity index (χ1n) is 24.4. The third-order valence-electron chi connectivity index (χ3n) is 18.2. The van der Waals surface area contributed by atoms with Gasteiger partial charge in [0.2, 0.25) is 0 Å². The average Bonchev–Trinajstić information content (AvgIpc) is 3.52. The molecule has 3 unspecified atom stereocenters. The van der Waals surface area contributed by atoms with Gasteiger partial charge in [0.05, 0.1) is 37.6 Å². The number of ether oxygens (including phenoxy) is 6. The van der Waals surface area contributed by atoms with Crippen molar-refractivity contribution in [3.8, 4) is 0 Å².